The average Bonchev–Trinajstić information content (AvgIpc) is 0.838. The Kier molecular flexibility index (Phi) is 31.5. The highest BCUT2D eigenvalue weighted by atomic mass is 35.5. The van der Waals surface area contributed by atoms with Gasteiger partial charge in [0.15, 0.2) is 45.4 Å². The number of likely N-dealkylation sites (tertiary alicyclic amines) is 2. The molecule has 22 heteroatoms. The maximum atomic E-state index is 12.4. The van der Waals surface area contributed by atoms with E-state index in [9.17, 15) is 14.7 Å². The summed E-state index contributed by atoms with van der Waals surface area (Å²) in [5.74, 6) is 8.59. The number of rotatable bonds is 21. The molecule has 520 valence electrons. The number of pyridine rings is 3. The van der Waals surface area contributed by atoms with Crippen LogP contribution >= 0.6 is 24.0 Å². The van der Waals surface area contributed by atoms with E-state index in [1.54, 1.807) is 122 Å². The SMILES string of the molecule is COc1ccnc(CC2CCN(CCOc3ccc(-c4cc(=O)c5ccccc5o4)cc3)CC2)c1OC.COc1ccnc(CCl)c1OC.COc1ccnc(CN2CCC(CCO)CC2)c1OC.Cl.O=c1cc(-c2ccc(O)cc2)oc2ccccc12.OCCC1CCNCC1. The van der Waals surface area contributed by atoms with Gasteiger partial charge in [-0.2, -0.15) is 0 Å². The molecule has 0 unspecified atom stereocenters. The van der Waals surface area contributed by atoms with Gasteiger partial charge in [-0.3, -0.25) is 34.3 Å². The van der Waals surface area contributed by atoms with Crippen molar-refractivity contribution in [3.8, 4) is 68.6 Å². The van der Waals surface area contributed by atoms with E-state index in [0.29, 0.717) is 88.2 Å². The number of hydrogen-bond donors (Lipinski definition) is 4. The number of piperidine rings is 3. The van der Waals surface area contributed by atoms with E-state index < -0.39 is 0 Å². The van der Waals surface area contributed by atoms with E-state index in [-0.39, 0.29) is 29.0 Å². The largest absolute Gasteiger partial charge is 0.508 e. The molecule has 0 amide bonds. The summed E-state index contributed by atoms with van der Waals surface area (Å²) in [6.07, 6.45) is 15.0. The number of nitrogens with zero attached hydrogens (tertiary/aromatic N) is 5. The second-order valence-electron chi connectivity index (χ2n) is 23.4. The summed E-state index contributed by atoms with van der Waals surface area (Å²) >= 11 is 5.64. The zero-order valence-electron chi connectivity index (χ0n) is 56.3. The summed E-state index contributed by atoms with van der Waals surface area (Å²) in [5.41, 5.74) is 5.23. The van der Waals surface area contributed by atoms with Crippen LogP contribution in [0, 0.1) is 17.8 Å². The van der Waals surface area contributed by atoms with Crippen molar-refractivity contribution in [1.29, 1.82) is 0 Å². The molecule has 8 heterocycles. The number of hydrogen-bond acceptors (Lipinski definition) is 20. The molecule has 5 aromatic heterocycles. The Labute approximate surface area is 578 Å². The van der Waals surface area contributed by atoms with Crippen LogP contribution in [-0.2, 0) is 18.8 Å². The highest BCUT2D eigenvalue weighted by Crippen LogP contribution is 2.35. The number of benzene rings is 4. The Bertz CT molecular complexity index is 3890. The fourth-order valence-corrected chi connectivity index (χ4v) is 12.1. The Morgan fingerprint density at radius 3 is 1.44 bits per heavy atom. The number of methoxy groups -OCH3 is 6. The van der Waals surface area contributed by atoms with Crippen LogP contribution in [0.5, 0.6) is 46.0 Å². The van der Waals surface area contributed by atoms with Gasteiger partial charge in [-0.1, -0.05) is 24.3 Å². The zero-order chi connectivity index (χ0) is 68.0. The molecule has 97 heavy (non-hydrogen) atoms. The lowest BCUT2D eigenvalue weighted by atomic mass is 9.91. The molecule has 0 radical (unpaired) electrons. The molecular formula is C75H92Cl2N6O14. The van der Waals surface area contributed by atoms with Crippen LogP contribution in [-0.4, -0.2) is 148 Å². The molecule has 0 atom stereocenters. The lowest BCUT2D eigenvalue weighted by molar-refractivity contribution is 0.151. The molecule has 3 aliphatic rings. The molecular weight excluding hydrogens is 1280 g/mol. The van der Waals surface area contributed by atoms with Crippen molar-refractivity contribution in [2.75, 3.05) is 108 Å². The normalized spacial score (nSPS) is 14.3. The molecule has 0 bridgehead atoms. The summed E-state index contributed by atoms with van der Waals surface area (Å²) in [6.45, 7) is 9.43. The zero-order valence-corrected chi connectivity index (χ0v) is 57.9. The molecule has 0 aliphatic carbocycles. The van der Waals surface area contributed by atoms with Gasteiger partial charge < -0.3 is 62.6 Å². The van der Waals surface area contributed by atoms with Gasteiger partial charge in [0.1, 0.15) is 52.2 Å². The van der Waals surface area contributed by atoms with Crippen molar-refractivity contribution in [1.82, 2.24) is 30.1 Å². The Morgan fingerprint density at radius 1 is 0.526 bits per heavy atom. The molecule has 0 spiro atoms. The Morgan fingerprint density at radius 2 is 0.959 bits per heavy atom. The van der Waals surface area contributed by atoms with Gasteiger partial charge >= 0.3 is 0 Å². The van der Waals surface area contributed by atoms with Gasteiger partial charge in [0, 0.05) is 86.4 Å². The van der Waals surface area contributed by atoms with Crippen molar-refractivity contribution in [2.24, 2.45) is 17.8 Å². The van der Waals surface area contributed by atoms with Gasteiger partial charge in [-0.25, -0.2) is 0 Å². The molecule has 9 aromatic rings. The third-order valence-electron chi connectivity index (χ3n) is 17.3. The highest BCUT2D eigenvalue weighted by molar-refractivity contribution is 6.17. The number of ether oxygens (including phenoxy) is 7. The van der Waals surface area contributed by atoms with Crippen molar-refractivity contribution < 1.29 is 57.3 Å². The van der Waals surface area contributed by atoms with E-state index >= 15 is 0 Å². The Hall–Kier alpha value is -8.47. The maximum Gasteiger partial charge on any atom is 0.193 e. The van der Waals surface area contributed by atoms with Gasteiger partial charge in [-0.05, 0) is 188 Å². The number of para-hydroxylation sites is 2. The third kappa shape index (κ3) is 22.3. The summed E-state index contributed by atoms with van der Waals surface area (Å²) in [7, 11) is 9.75. The molecule has 12 rings (SSSR count). The van der Waals surface area contributed by atoms with Gasteiger partial charge in [0.05, 0.1) is 65.0 Å². The van der Waals surface area contributed by atoms with Crippen molar-refractivity contribution in [3.05, 3.63) is 184 Å². The molecule has 3 fully saturated rings. The van der Waals surface area contributed by atoms with E-state index in [2.05, 4.69) is 30.1 Å². The first-order valence-electron chi connectivity index (χ1n) is 32.6. The number of phenols is 1. The fourth-order valence-electron chi connectivity index (χ4n) is 11.9. The summed E-state index contributed by atoms with van der Waals surface area (Å²) in [6, 6.07) is 37.1. The van der Waals surface area contributed by atoms with Crippen LogP contribution in [0.2, 0.25) is 0 Å². The van der Waals surface area contributed by atoms with Crippen LogP contribution in [0.3, 0.4) is 0 Å². The first-order chi connectivity index (χ1) is 46.9. The average molecular weight is 1370 g/mol. The standard InChI is InChI=1S/C30H32N2O5.C15H24N2O3.C15H10O3.C8H10ClNO2.C7H15NO.ClH/c1-34-28-11-14-31-25(30(28)35-2)19-21-12-15-32(16-13-21)17-18-36-23-9-7-22(8-10-23)29-20-26(33)24-5-3-4-6-27(24)37-29;1-19-14-3-7-16-13(15(14)20-2)11-17-8-4-12(5-9-17)6-10-18;16-11-7-5-10(6-8-11)15-9-13(17)12-3-1-2-4-14(12)18-15;1-11-7-3-4-10-6(5-9)8(7)12-2;9-6-3-7-1-4-8-5-2-7;/h3-11,14,20-21H,12-13,15-19H2,1-2H3;3,7,12,18H,4-6,8-11H2,1-2H3;1-9,16H;3-4H,5H2,1-2H3;7-9H,1-6H2;1H. The van der Waals surface area contributed by atoms with E-state index in [0.717, 1.165) is 154 Å². The number of aromatic hydroxyl groups is 1. The number of alkyl halides is 1. The summed E-state index contributed by atoms with van der Waals surface area (Å²) < 4.78 is 49.4. The second kappa shape index (κ2) is 40.3. The number of fused-ring (bicyclic) bond motifs is 2. The molecule has 0 saturated carbocycles. The number of aromatic nitrogens is 3. The molecule has 20 nitrogen and oxygen atoms in total. The summed E-state index contributed by atoms with van der Waals surface area (Å²) in [5, 5.41) is 31.3. The van der Waals surface area contributed by atoms with Crippen LogP contribution in [0.15, 0.2) is 164 Å². The summed E-state index contributed by atoms with van der Waals surface area (Å²) in [4.78, 5) is 42.2. The first kappa shape index (κ1) is 75.9. The van der Waals surface area contributed by atoms with Crippen LogP contribution in [0.1, 0.15) is 68.4 Å². The molecule has 4 N–H and O–H groups in total. The number of aliphatic hydroxyl groups is 2. The van der Waals surface area contributed by atoms with E-state index in [1.807, 2.05) is 60.7 Å². The molecule has 4 aromatic carbocycles. The maximum absolute atomic E-state index is 12.4. The smallest absolute Gasteiger partial charge is 0.193 e. The first-order valence-corrected chi connectivity index (χ1v) is 33.2. The van der Waals surface area contributed by atoms with Crippen LogP contribution < -0.4 is 49.3 Å². The highest BCUT2D eigenvalue weighted by Gasteiger charge is 2.24. The second-order valence-corrected chi connectivity index (χ2v) is 23.7. The quantitative estimate of drug-likeness (QED) is 0.0489. The minimum absolute atomic E-state index is 0. The molecule has 3 saturated heterocycles. The number of phenolic OH excluding ortho intramolecular Hbond substituents is 1. The number of halogens is 2. The number of nitrogens with one attached hydrogen (secondary N) is 1. The predicted molar refractivity (Wildman–Crippen MR) is 382 cm³/mol. The predicted octanol–water partition coefficient (Wildman–Crippen LogP) is 12.7. The van der Waals surface area contributed by atoms with Gasteiger partial charge in [0.2, 0.25) is 0 Å². The minimum atomic E-state index is -0.0695. The van der Waals surface area contributed by atoms with E-state index in [4.69, 9.17) is 63.8 Å². The third-order valence-corrected chi connectivity index (χ3v) is 17.5. The topological polar surface area (TPSA) is 243 Å². The minimum Gasteiger partial charge on any atom is -0.508 e. The van der Waals surface area contributed by atoms with Crippen molar-refractivity contribution in [3.63, 3.8) is 0 Å². The van der Waals surface area contributed by atoms with Crippen molar-refractivity contribution >= 4 is 45.9 Å². The van der Waals surface area contributed by atoms with Gasteiger partial charge in [-0.15, -0.1) is 24.0 Å². The van der Waals surface area contributed by atoms with Gasteiger partial charge in [0.25, 0.3) is 0 Å². The fraction of sp³-hybridized carbons (Fsp3) is 0.400. The monoisotopic (exact) mass is 1370 g/mol. The molecule has 3 aliphatic heterocycles. The number of aliphatic hydroxyl groups excluding tert-OH is 2. The lowest BCUT2D eigenvalue weighted by Gasteiger charge is -2.32. The lowest BCUT2D eigenvalue weighted by Crippen LogP contribution is -2.37. The Balaban J connectivity index is 0.000000187. The van der Waals surface area contributed by atoms with Crippen LogP contribution in [0.25, 0.3) is 44.6 Å². The van der Waals surface area contributed by atoms with Crippen molar-refractivity contribution in [2.45, 2.75) is 70.2 Å². The van der Waals surface area contributed by atoms with Crippen LogP contribution in [0.4, 0.5) is 0 Å². The van der Waals surface area contributed by atoms with E-state index in [1.165, 1.54) is 18.9 Å².